The number of fused-ring (bicyclic) bond motifs is 1. The summed E-state index contributed by atoms with van der Waals surface area (Å²) < 4.78 is 11.1. The summed E-state index contributed by atoms with van der Waals surface area (Å²) in [6, 6.07) is 5.27. The zero-order valence-electron chi connectivity index (χ0n) is 14.3. The Labute approximate surface area is 147 Å². The van der Waals surface area contributed by atoms with Crippen LogP contribution in [0.1, 0.15) is 52.8 Å². The number of benzene rings is 1. The van der Waals surface area contributed by atoms with E-state index < -0.39 is 0 Å². The Morgan fingerprint density at radius 1 is 1.20 bits per heavy atom. The van der Waals surface area contributed by atoms with Crippen LogP contribution in [0.2, 0.25) is 0 Å². The van der Waals surface area contributed by atoms with E-state index in [9.17, 15) is 9.59 Å². The van der Waals surface area contributed by atoms with Crippen LogP contribution in [0.4, 0.5) is 0 Å². The third kappa shape index (κ3) is 3.11. The number of nitrogens with one attached hydrogen (secondary N) is 2. The van der Waals surface area contributed by atoms with Gasteiger partial charge in [-0.1, -0.05) is 6.42 Å². The van der Waals surface area contributed by atoms with Crippen LogP contribution in [-0.4, -0.2) is 44.2 Å². The van der Waals surface area contributed by atoms with E-state index >= 15 is 0 Å². The van der Waals surface area contributed by atoms with Crippen molar-refractivity contribution < 1.29 is 19.1 Å². The van der Waals surface area contributed by atoms with Crippen LogP contribution >= 0.6 is 0 Å². The van der Waals surface area contributed by atoms with E-state index in [-0.39, 0.29) is 23.3 Å². The Morgan fingerprint density at radius 3 is 2.88 bits per heavy atom. The van der Waals surface area contributed by atoms with Crippen molar-refractivity contribution in [1.82, 2.24) is 10.6 Å². The van der Waals surface area contributed by atoms with Gasteiger partial charge in [-0.05, 0) is 49.3 Å². The summed E-state index contributed by atoms with van der Waals surface area (Å²) in [5.74, 6) is 0.231. The van der Waals surface area contributed by atoms with E-state index in [1.54, 1.807) is 18.2 Å². The van der Waals surface area contributed by atoms with Crippen LogP contribution in [0.25, 0.3) is 0 Å². The van der Waals surface area contributed by atoms with Crippen molar-refractivity contribution in [2.45, 2.75) is 38.1 Å². The van der Waals surface area contributed by atoms with Gasteiger partial charge in [-0.2, -0.15) is 0 Å². The second-order valence-corrected chi connectivity index (χ2v) is 7.21. The molecular weight excluding hydrogens is 320 g/mol. The monoisotopic (exact) mass is 344 g/mol. The molecule has 1 aromatic carbocycles. The fourth-order valence-electron chi connectivity index (χ4n) is 4.38. The highest BCUT2D eigenvalue weighted by molar-refractivity contribution is 6.01. The van der Waals surface area contributed by atoms with Crippen LogP contribution in [-0.2, 0) is 4.74 Å². The Kier molecular flexibility index (Phi) is 4.37. The lowest BCUT2D eigenvalue weighted by atomic mass is 9.75. The van der Waals surface area contributed by atoms with Crippen molar-refractivity contribution in [2.75, 3.05) is 26.4 Å². The number of carbonyl (C=O) groups is 2. The first kappa shape index (κ1) is 16.4. The number of carbonyl (C=O) groups excluding carboxylic acids is 2. The second kappa shape index (κ2) is 6.67. The summed E-state index contributed by atoms with van der Waals surface area (Å²) in [7, 11) is 0. The molecule has 1 spiro atoms. The fourth-order valence-corrected chi connectivity index (χ4v) is 4.38. The molecule has 4 rings (SSSR count). The SMILES string of the molecule is O=C(NC1CCCC12CCOCC2)c1ccc2c(c1)C(=O)NCCO2. The second-order valence-electron chi connectivity index (χ2n) is 7.21. The lowest BCUT2D eigenvalue weighted by Crippen LogP contribution is -2.47. The molecule has 2 N–H and O–H groups in total. The minimum Gasteiger partial charge on any atom is -0.491 e. The van der Waals surface area contributed by atoms with Crippen molar-refractivity contribution in [3.05, 3.63) is 29.3 Å². The molecule has 1 unspecified atom stereocenters. The van der Waals surface area contributed by atoms with Gasteiger partial charge in [0.05, 0.1) is 12.1 Å². The maximum atomic E-state index is 12.8. The number of hydrogen-bond donors (Lipinski definition) is 2. The topological polar surface area (TPSA) is 76.7 Å². The van der Waals surface area contributed by atoms with E-state index in [4.69, 9.17) is 9.47 Å². The minimum atomic E-state index is -0.191. The summed E-state index contributed by atoms with van der Waals surface area (Å²) in [5, 5.41) is 6.00. The van der Waals surface area contributed by atoms with E-state index in [1.165, 1.54) is 0 Å². The molecule has 1 atom stereocenters. The van der Waals surface area contributed by atoms with E-state index in [0.717, 1.165) is 45.3 Å². The maximum absolute atomic E-state index is 12.8. The Morgan fingerprint density at radius 2 is 2.04 bits per heavy atom. The summed E-state index contributed by atoms with van der Waals surface area (Å²) >= 11 is 0. The van der Waals surface area contributed by atoms with Gasteiger partial charge in [-0.15, -0.1) is 0 Å². The molecule has 2 fully saturated rings. The van der Waals surface area contributed by atoms with Crippen molar-refractivity contribution >= 4 is 11.8 Å². The largest absolute Gasteiger partial charge is 0.491 e. The van der Waals surface area contributed by atoms with Crippen molar-refractivity contribution in [3.63, 3.8) is 0 Å². The van der Waals surface area contributed by atoms with Gasteiger partial charge in [0, 0.05) is 24.8 Å². The average molecular weight is 344 g/mol. The van der Waals surface area contributed by atoms with Crippen LogP contribution in [0, 0.1) is 5.41 Å². The minimum absolute atomic E-state index is 0.113. The van der Waals surface area contributed by atoms with Crippen LogP contribution in [0.3, 0.4) is 0 Å². The van der Waals surface area contributed by atoms with Gasteiger partial charge in [0.1, 0.15) is 12.4 Å². The molecule has 1 saturated carbocycles. The summed E-state index contributed by atoms with van der Waals surface area (Å²) in [6.45, 7) is 2.48. The third-order valence-electron chi connectivity index (χ3n) is 5.83. The summed E-state index contributed by atoms with van der Waals surface area (Å²) in [4.78, 5) is 24.9. The molecular formula is C19H24N2O4. The van der Waals surface area contributed by atoms with E-state index in [0.29, 0.717) is 30.0 Å². The number of ether oxygens (including phenoxy) is 2. The lowest BCUT2D eigenvalue weighted by Gasteiger charge is -2.39. The quantitative estimate of drug-likeness (QED) is 0.859. The highest BCUT2D eigenvalue weighted by Gasteiger charge is 2.44. The molecule has 2 heterocycles. The maximum Gasteiger partial charge on any atom is 0.255 e. The number of rotatable bonds is 2. The number of hydrogen-bond acceptors (Lipinski definition) is 4. The molecule has 2 aliphatic heterocycles. The molecule has 6 heteroatoms. The van der Waals surface area contributed by atoms with Gasteiger partial charge in [0.25, 0.3) is 11.8 Å². The predicted octanol–water partition coefficient (Wildman–Crippen LogP) is 1.89. The van der Waals surface area contributed by atoms with Crippen molar-refractivity contribution in [3.8, 4) is 5.75 Å². The van der Waals surface area contributed by atoms with E-state index in [2.05, 4.69) is 10.6 Å². The Bertz CT molecular complexity index is 682. The van der Waals surface area contributed by atoms with Gasteiger partial charge in [-0.3, -0.25) is 9.59 Å². The molecule has 25 heavy (non-hydrogen) atoms. The third-order valence-corrected chi connectivity index (χ3v) is 5.83. The molecule has 0 bridgehead atoms. The first-order valence-corrected chi connectivity index (χ1v) is 9.12. The van der Waals surface area contributed by atoms with E-state index in [1.807, 2.05) is 0 Å². The molecule has 1 aliphatic carbocycles. The zero-order valence-corrected chi connectivity index (χ0v) is 14.3. The fraction of sp³-hybridized carbons (Fsp3) is 0.579. The Hall–Kier alpha value is -2.08. The molecule has 1 aromatic rings. The highest BCUT2D eigenvalue weighted by Crippen LogP contribution is 2.46. The zero-order chi connectivity index (χ0) is 17.3. The van der Waals surface area contributed by atoms with Gasteiger partial charge in [0.15, 0.2) is 0 Å². The van der Waals surface area contributed by atoms with Gasteiger partial charge in [-0.25, -0.2) is 0 Å². The van der Waals surface area contributed by atoms with Crippen LogP contribution in [0.15, 0.2) is 18.2 Å². The van der Waals surface area contributed by atoms with Gasteiger partial charge >= 0.3 is 0 Å². The molecule has 134 valence electrons. The normalized spacial score (nSPS) is 24.8. The molecule has 6 nitrogen and oxygen atoms in total. The molecule has 3 aliphatic rings. The van der Waals surface area contributed by atoms with Gasteiger partial charge in [0.2, 0.25) is 0 Å². The van der Waals surface area contributed by atoms with Crippen molar-refractivity contribution in [1.29, 1.82) is 0 Å². The standard InChI is InChI=1S/C19H24N2O4/c22-17(21-16-2-1-5-19(16)6-9-24-10-7-19)13-3-4-15-14(12-13)18(23)20-8-11-25-15/h3-4,12,16H,1-2,5-11H2,(H,20,23)(H,21,22). The number of amides is 2. The van der Waals surface area contributed by atoms with Crippen molar-refractivity contribution in [2.24, 2.45) is 5.41 Å². The lowest BCUT2D eigenvalue weighted by molar-refractivity contribution is 0.00472. The summed E-state index contributed by atoms with van der Waals surface area (Å²) in [5.41, 5.74) is 1.12. The van der Waals surface area contributed by atoms with Crippen LogP contribution in [0.5, 0.6) is 5.75 Å². The Balaban J connectivity index is 1.52. The first-order valence-electron chi connectivity index (χ1n) is 9.12. The molecule has 0 radical (unpaired) electrons. The molecule has 1 saturated heterocycles. The molecule has 0 aromatic heterocycles. The summed E-state index contributed by atoms with van der Waals surface area (Å²) in [6.07, 6.45) is 5.34. The smallest absolute Gasteiger partial charge is 0.255 e. The molecule has 2 amide bonds. The van der Waals surface area contributed by atoms with Crippen LogP contribution < -0.4 is 15.4 Å². The van der Waals surface area contributed by atoms with Gasteiger partial charge < -0.3 is 20.1 Å². The highest BCUT2D eigenvalue weighted by atomic mass is 16.5. The first-order chi connectivity index (χ1) is 12.2. The average Bonchev–Trinajstić information content (AvgIpc) is 2.89. The predicted molar refractivity (Wildman–Crippen MR) is 91.9 cm³/mol.